The Labute approximate surface area is 144 Å². The van der Waals surface area contributed by atoms with Crippen molar-refractivity contribution >= 4 is 49.2 Å². The van der Waals surface area contributed by atoms with Gasteiger partial charge in [0.25, 0.3) is 5.91 Å². The number of nitrogens with zero attached hydrogens (tertiary/aromatic N) is 2. The number of aromatic hydroxyl groups is 1. The first-order valence-electron chi connectivity index (χ1n) is 7.06. The number of hydrogen-bond donors (Lipinski definition) is 3. The molecule has 0 atom stereocenters. The number of phenols is 1. The van der Waals surface area contributed by atoms with Crippen LogP contribution in [0.25, 0.3) is 10.9 Å². The predicted octanol–water partition coefficient (Wildman–Crippen LogP) is 2.87. The number of H-pyrrole nitrogens is 1. The number of aromatic nitrogens is 2. The first-order valence-corrected chi connectivity index (χ1v) is 8.67. The molecular weight excluding hydrogens is 380 g/mol. The Balaban J connectivity index is 1.67. The molecule has 0 aliphatic carbocycles. The summed E-state index contributed by atoms with van der Waals surface area (Å²) in [5.74, 6) is 0.0310. The Morgan fingerprint density at radius 2 is 2.30 bits per heavy atom. The maximum Gasteiger partial charge on any atom is 0.270 e. The predicted molar refractivity (Wildman–Crippen MR) is 92.6 cm³/mol. The Morgan fingerprint density at radius 1 is 1.48 bits per heavy atom. The summed E-state index contributed by atoms with van der Waals surface area (Å²) in [6.07, 6.45) is 0.712. The fourth-order valence-corrected chi connectivity index (χ4v) is 4.18. The molecule has 23 heavy (non-hydrogen) atoms. The van der Waals surface area contributed by atoms with Gasteiger partial charge in [0, 0.05) is 27.7 Å². The van der Waals surface area contributed by atoms with Crippen LogP contribution in [0.2, 0.25) is 0 Å². The van der Waals surface area contributed by atoms with E-state index in [1.165, 1.54) is 11.3 Å². The molecule has 0 saturated carbocycles. The summed E-state index contributed by atoms with van der Waals surface area (Å²) in [5, 5.41) is 11.3. The summed E-state index contributed by atoms with van der Waals surface area (Å²) in [5.41, 5.74) is 7.75. The summed E-state index contributed by atoms with van der Waals surface area (Å²) in [4.78, 5) is 22.9. The van der Waals surface area contributed by atoms with Crippen LogP contribution < -0.4 is 5.73 Å². The number of phenolic OH excluding ortho intramolecular Hbond substituents is 1. The lowest BCUT2D eigenvalue weighted by atomic mass is 10.1. The number of rotatable bonds is 1. The molecule has 2 aromatic heterocycles. The molecule has 0 unspecified atom stereocenters. The van der Waals surface area contributed by atoms with E-state index in [-0.39, 0.29) is 11.7 Å². The molecule has 118 valence electrons. The zero-order chi connectivity index (χ0) is 16.1. The molecule has 3 aromatic rings. The Hall–Kier alpha value is -2.06. The Morgan fingerprint density at radius 3 is 3.09 bits per heavy atom. The lowest BCUT2D eigenvalue weighted by Crippen LogP contribution is -2.35. The second-order valence-electron chi connectivity index (χ2n) is 5.44. The normalized spacial score (nSPS) is 14.2. The summed E-state index contributed by atoms with van der Waals surface area (Å²) in [6.45, 7) is 1.13. The number of nitrogen functional groups attached to an aromatic ring is 1. The van der Waals surface area contributed by atoms with E-state index in [9.17, 15) is 9.90 Å². The van der Waals surface area contributed by atoms with Gasteiger partial charge in [-0.05, 0) is 18.2 Å². The first kappa shape index (κ1) is 14.5. The van der Waals surface area contributed by atoms with Crippen molar-refractivity contribution < 1.29 is 9.90 Å². The first-order chi connectivity index (χ1) is 11.0. The molecule has 0 radical (unpaired) electrons. The smallest absolute Gasteiger partial charge is 0.270 e. The van der Waals surface area contributed by atoms with Crippen molar-refractivity contribution in [3.05, 3.63) is 38.9 Å². The number of carbonyl (C=O) groups is 1. The van der Waals surface area contributed by atoms with E-state index in [0.29, 0.717) is 35.9 Å². The minimum Gasteiger partial charge on any atom is -0.506 e. The highest BCUT2D eigenvalue weighted by Crippen LogP contribution is 2.32. The summed E-state index contributed by atoms with van der Waals surface area (Å²) < 4.78 is 0.830. The van der Waals surface area contributed by atoms with Crippen molar-refractivity contribution in [2.75, 3.05) is 12.3 Å². The standard InChI is InChI=1S/C15H13BrN4O2S/c16-8-1-2-11(21)13-7(8)5-10(18-13)14(22)20-4-3-9-12(6-20)23-15(17)19-9/h1-2,5,18,21H,3-4,6H2,(H2,17,19). The molecule has 8 heteroatoms. The minimum absolute atomic E-state index is 0.0925. The average molecular weight is 393 g/mol. The second-order valence-corrected chi connectivity index (χ2v) is 7.41. The average Bonchev–Trinajstić information content (AvgIpc) is 3.13. The van der Waals surface area contributed by atoms with Gasteiger partial charge in [-0.3, -0.25) is 4.79 Å². The maximum atomic E-state index is 12.8. The van der Waals surface area contributed by atoms with Crippen LogP contribution in [0.4, 0.5) is 5.13 Å². The van der Waals surface area contributed by atoms with Crippen molar-refractivity contribution in [1.29, 1.82) is 0 Å². The highest BCUT2D eigenvalue weighted by molar-refractivity contribution is 9.10. The van der Waals surface area contributed by atoms with Crippen LogP contribution in [0.15, 0.2) is 22.7 Å². The van der Waals surface area contributed by atoms with Gasteiger partial charge in [-0.1, -0.05) is 15.9 Å². The molecule has 1 amide bonds. The number of amides is 1. The number of fused-ring (bicyclic) bond motifs is 2. The highest BCUT2D eigenvalue weighted by Gasteiger charge is 2.26. The van der Waals surface area contributed by atoms with Crippen LogP contribution >= 0.6 is 27.3 Å². The SMILES string of the molecule is Nc1nc2c(s1)CN(C(=O)c1cc3c(Br)ccc(O)c3[nH]1)CC2. The van der Waals surface area contributed by atoms with Crippen molar-refractivity contribution in [2.45, 2.75) is 13.0 Å². The van der Waals surface area contributed by atoms with Gasteiger partial charge in [0.05, 0.1) is 17.8 Å². The molecule has 4 rings (SSSR count). The van der Waals surface area contributed by atoms with Crippen LogP contribution in [-0.2, 0) is 13.0 Å². The molecule has 0 spiro atoms. The maximum absolute atomic E-state index is 12.8. The summed E-state index contributed by atoms with van der Waals surface area (Å²) in [6, 6.07) is 5.11. The van der Waals surface area contributed by atoms with Crippen molar-refractivity contribution in [3.8, 4) is 5.75 Å². The zero-order valence-electron chi connectivity index (χ0n) is 12.0. The van der Waals surface area contributed by atoms with Crippen LogP contribution in [0, 0.1) is 0 Å². The number of carbonyl (C=O) groups excluding carboxylic acids is 1. The van der Waals surface area contributed by atoms with Crippen LogP contribution in [0.1, 0.15) is 21.1 Å². The number of nitrogens with one attached hydrogen (secondary N) is 1. The monoisotopic (exact) mass is 392 g/mol. The van der Waals surface area contributed by atoms with E-state index in [4.69, 9.17) is 5.73 Å². The third-order valence-electron chi connectivity index (χ3n) is 3.98. The molecule has 3 heterocycles. The quantitative estimate of drug-likeness (QED) is 0.593. The van der Waals surface area contributed by atoms with Gasteiger partial charge in [-0.25, -0.2) is 4.98 Å². The van der Waals surface area contributed by atoms with Crippen molar-refractivity contribution in [1.82, 2.24) is 14.9 Å². The molecule has 4 N–H and O–H groups in total. The van der Waals surface area contributed by atoms with Crippen LogP contribution in [0.3, 0.4) is 0 Å². The topological polar surface area (TPSA) is 95.2 Å². The minimum atomic E-state index is -0.0925. The van der Waals surface area contributed by atoms with Crippen LogP contribution in [-0.4, -0.2) is 32.4 Å². The van der Waals surface area contributed by atoms with E-state index in [2.05, 4.69) is 25.9 Å². The third-order valence-corrected chi connectivity index (χ3v) is 5.59. The van der Waals surface area contributed by atoms with E-state index in [0.717, 1.165) is 20.4 Å². The van der Waals surface area contributed by atoms with E-state index < -0.39 is 0 Å². The van der Waals surface area contributed by atoms with E-state index >= 15 is 0 Å². The molecule has 0 fully saturated rings. The fourth-order valence-electron chi connectivity index (χ4n) is 2.84. The van der Waals surface area contributed by atoms with Gasteiger partial charge in [0.2, 0.25) is 0 Å². The number of hydrogen-bond acceptors (Lipinski definition) is 5. The third kappa shape index (κ3) is 2.38. The molecule has 1 aliphatic heterocycles. The zero-order valence-corrected chi connectivity index (χ0v) is 14.4. The van der Waals surface area contributed by atoms with Crippen molar-refractivity contribution in [2.24, 2.45) is 0 Å². The number of thiazole rings is 1. The highest BCUT2D eigenvalue weighted by atomic mass is 79.9. The number of nitrogens with two attached hydrogens (primary N) is 1. The number of benzene rings is 1. The number of anilines is 1. The molecule has 1 aliphatic rings. The summed E-state index contributed by atoms with van der Waals surface area (Å²) in [7, 11) is 0. The molecule has 0 bridgehead atoms. The number of halogens is 1. The molecule has 1 aromatic carbocycles. The van der Waals surface area contributed by atoms with Crippen molar-refractivity contribution in [3.63, 3.8) is 0 Å². The van der Waals surface area contributed by atoms with Gasteiger partial charge in [-0.15, -0.1) is 11.3 Å². The fraction of sp³-hybridized carbons (Fsp3) is 0.200. The van der Waals surface area contributed by atoms with E-state index in [1.54, 1.807) is 23.1 Å². The van der Waals surface area contributed by atoms with Gasteiger partial charge >= 0.3 is 0 Å². The van der Waals surface area contributed by atoms with Gasteiger partial charge < -0.3 is 20.7 Å². The van der Waals surface area contributed by atoms with Gasteiger partial charge in [-0.2, -0.15) is 0 Å². The van der Waals surface area contributed by atoms with Gasteiger partial charge in [0.15, 0.2) is 5.13 Å². The van der Waals surface area contributed by atoms with E-state index in [1.807, 2.05) is 0 Å². The summed E-state index contributed by atoms with van der Waals surface area (Å²) >= 11 is 4.87. The molecular formula is C15H13BrN4O2S. The van der Waals surface area contributed by atoms with Crippen LogP contribution in [0.5, 0.6) is 5.75 Å². The Kier molecular flexibility index (Phi) is 3.31. The Bertz CT molecular complexity index is 894. The number of aromatic amines is 1. The lowest BCUT2D eigenvalue weighted by Gasteiger charge is -2.25. The second kappa shape index (κ2) is 5.24. The van der Waals surface area contributed by atoms with Gasteiger partial charge in [0.1, 0.15) is 11.4 Å². The molecule has 0 saturated heterocycles. The lowest BCUT2D eigenvalue weighted by molar-refractivity contribution is 0.0731. The largest absolute Gasteiger partial charge is 0.506 e. The molecule has 6 nitrogen and oxygen atoms in total.